The number of pyridine rings is 1. The third-order valence-electron chi connectivity index (χ3n) is 7.55. The van der Waals surface area contributed by atoms with Gasteiger partial charge in [-0.05, 0) is 65.2 Å². The van der Waals surface area contributed by atoms with E-state index in [4.69, 9.17) is 4.74 Å². The molecule has 4 rings (SSSR count). The molecule has 1 aromatic heterocycles. The van der Waals surface area contributed by atoms with Crippen molar-refractivity contribution < 1.29 is 9.53 Å². The molecule has 2 aliphatic rings. The van der Waals surface area contributed by atoms with Crippen LogP contribution in [-0.2, 0) is 11.3 Å². The highest BCUT2D eigenvalue weighted by Crippen LogP contribution is 2.32. The Hall–Kier alpha value is -3.04. The number of hydrogen-bond acceptors (Lipinski definition) is 4. The van der Waals surface area contributed by atoms with Crippen molar-refractivity contribution in [2.45, 2.75) is 79.3 Å². The Labute approximate surface area is 214 Å². The second kappa shape index (κ2) is 10.9. The largest absolute Gasteiger partial charge is 0.378 e. The highest BCUT2D eigenvalue weighted by Gasteiger charge is 2.31. The van der Waals surface area contributed by atoms with Gasteiger partial charge in [-0.3, -0.25) is 9.59 Å². The Morgan fingerprint density at radius 1 is 1.17 bits per heavy atom. The molecule has 2 fully saturated rings. The van der Waals surface area contributed by atoms with Gasteiger partial charge in [-0.1, -0.05) is 31.1 Å². The number of H-pyrrole nitrogens is 1. The van der Waals surface area contributed by atoms with Crippen LogP contribution in [0.25, 0.3) is 0 Å². The van der Waals surface area contributed by atoms with Gasteiger partial charge in [0, 0.05) is 59.0 Å². The molecular formula is C30H39N3O3. The van der Waals surface area contributed by atoms with Crippen molar-refractivity contribution in [3.63, 3.8) is 0 Å². The van der Waals surface area contributed by atoms with Gasteiger partial charge in [-0.15, -0.1) is 0 Å². The van der Waals surface area contributed by atoms with E-state index in [-0.39, 0.29) is 23.3 Å². The van der Waals surface area contributed by atoms with Gasteiger partial charge in [0.2, 0.25) is 0 Å². The number of carbonyl (C=O) groups excluding carboxylic acids is 1. The molecule has 1 aliphatic carbocycles. The average Bonchev–Trinajstić information content (AvgIpc) is 2.83. The number of aromatic nitrogens is 1. The minimum Gasteiger partial charge on any atom is -0.378 e. The molecule has 0 spiro atoms. The maximum Gasteiger partial charge on any atom is 0.251 e. The van der Waals surface area contributed by atoms with Crippen molar-refractivity contribution in [2.24, 2.45) is 5.41 Å². The normalized spacial score (nSPS) is 17.0. The fourth-order valence-corrected chi connectivity index (χ4v) is 5.39. The van der Waals surface area contributed by atoms with Crippen molar-refractivity contribution in [1.82, 2.24) is 10.3 Å². The first-order valence-electron chi connectivity index (χ1n) is 13.2. The fourth-order valence-electron chi connectivity index (χ4n) is 5.39. The second-order valence-electron chi connectivity index (χ2n) is 10.7. The number of ether oxygens (including phenoxy) is 1. The van der Waals surface area contributed by atoms with Gasteiger partial charge in [0.1, 0.15) is 0 Å². The lowest BCUT2D eigenvalue weighted by atomic mass is 9.89. The first-order valence-corrected chi connectivity index (χ1v) is 13.2. The number of anilines is 1. The summed E-state index contributed by atoms with van der Waals surface area (Å²) in [6, 6.07) is 6.09. The molecule has 2 aromatic rings. The standard InChI is InChI=1S/C30H39N3O3/c1-6-33(24-10-8-7-9-11-24)27-16-23(12-13-30(5)18-36-19-30)15-25(21(27)3)29(35)31-17-26-22(4)32-20(2)14-28(26)34/h14-16,24H,6-11,17-19H2,1-5H3,(H,31,35)(H,32,34). The molecule has 6 heteroatoms. The Bertz CT molecular complexity index is 1240. The number of nitrogens with zero attached hydrogens (tertiary/aromatic N) is 1. The quantitative estimate of drug-likeness (QED) is 0.573. The van der Waals surface area contributed by atoms with Crippen LogP contribution in [0.2, 0.25) is 0 Å². The van der Waals surface area contributed by atoms with E-state index in [0.29, 0.717) is 30.4 Å². The van der Waals surface area contributed by atoms with Gasteiger partial charge < -0.3 is 19.9 Å². The van der Waals surface area contributed by atoms with Crippen molar-refractivity contribution in [3.8, 4) is 11.8 Å². The van der Waals surface area contributed by atoms with Gasteiger partial charge >= 0.3 is 0 Å². The Balaban J connectivity index is 1.68. The number of aromatic amines is 1. The second-order valence-corrected chi connectivity index (χ2v) is 10.7. The third-order valence-corrected chi connectivity index (χ3v) is 7.55. The number of carbonyl (C=O) groups is 1. The highest BCUT2D eigenvalue weighted by atomic mass is 16.5. The zero-order valence-electron chi connectivity index (χ0n) is 22.3. The number of nitrogens with one attached hydrogen (secondary N) is 2. The summed E-state index contributed by atoms with van der Waals surface area (Å²) < 4.78 is 5.36. The zero-order valence-corrected chi connectivity index (χ0v) is 22.3. The summed E-state index contributed by atoms with van der Waals surface area (Å²) in [5.74, 6) is 6.52. The number of amides is 1. The zero-order chi connectivity index (χ0) is 25.9. The van der Waals surface area contributed by atoms with Crippen LogP contribution >= 0.6 is 0 Å². The molecule has 2 N–H and O–H groups in total. The maximum atomic E-state index is 13.5. The molecule has 1 aromatic carbocycles. The van der Waals surface area contributed by atoms with Crippen LogP contribution in [0.1, 0.15) is 84.4 Å². The first kappa shape index (κ1) is 26.0. The van der Waals surface area contributed by atoms with Crippen LogP contribution in [0, 0.1) is 38.0 Å². The van der Waals surface area contributed by atoms with Crippen LogP contribution in [0.5, 0.6) is 0 Å². The van der Waals surface area contributed by atoms with Crippen molar-refractivity contribution in [2.75, 3.05) is 24.7 Å². The summed E-state index contributed by atoms with van der Waals surface area (Å²) in [6.45, 7) is 12.4. The fraction of sp³-hybridized carbons (Fsp3) is 0.533. The van der Waals surface area contributed by atoms with Crippen LogP contribution in [0.3, 0.4) is 0 Å². The smallest absolute Gasteiger partial charge is 0.251 e. The number of hydrogen-bond donors (Lipinski definition) is 2. The van der Waals surface area contributed by atoms with E-state index in [1.165, 1.54) is 32.1 Å². The lowest BCUT2D eigenvalue weighted by Gasteiger charge is -2.37. The van der Waals surface area contributed by atoms with E-state index in [1.807, 2.05) is 26.8 Å². The molecule has 0 bridgehead atoms. The molecular weight excluding hydrogens is 450 g/mol. The van der Waals surface area contributed by atoms with Crippen molar-refractivity contribution in [1.29, 1.82) is 0 Å². The van der Waals surface area contributed by atoms with Gasteiger partial charge in [0.25, 0.3) is 5.91 Å². The van der Waals surface area contributed by atoms with E-state index >= 15 is 0 Å². The Morgan fingerprint density at radius 3 is 2.50 bits per heavy atom. The topological polar surface area (TPSA) is 74.4 Å². The summed E-state index contributed by atoms with van der Waals surface area (Å²) in [6.07, 6.45) is 6.14. The lowest BCUT2D eigenvalue weighted by Crippen LogP contribution is -2.38. The van der Waals surface area contributed by atoms with Gasteiger partial charge in [0.05, 0.1) is 18.6 Å². The number of rotatable bonds is 6. The summed E-state index contributed by atoms with van der Waals surface area (Å²) in [5, 5.41) is 3.00. The molecule has 36 heavy (non-hydrogen) atoms. The Morgan fingerprint density at radius 2 is 1.89 bits per heavy atom. The SMILES string of the molecule is CCN(c1cc(C#CC2(C)COC2)cc(C(=O)NCc2c(C)[nH]c(C)cc2=O)c1C)C1CCCCC1. The average molecular weight is 490 g/mol. The van der Waals surface area contributed by atoms with Crippen LogP contribution < -0.4 is 15.6 Å². The monoisotopic (exact) mass is 489 g/mol. The van der Waals surface area contributed by atoms with Gasteiger partial charge in [-0.25, -0.2) is 0 Å². The summed E-state index contributed by atoms with van der Waals surface area (Å²) in [4.78, 5) is 31.6. The lowest BCUT2D eigenvalue weighted by molar-refractivity contribution is -0.0648. The van der Waals surface area contributed by atoms with Crippen molar-refractivity contribution >= 4 is 11.6 Å². The predicted molar refractivity (Wildman–Crippen MR) is 145 cm³/mol. The minimum absolute atomic E-state index is 0.0634. The molecule has 0 atom stereocenters. The summed E-state index contributed by atoms with van der Waals surface area (Å²) in [5.41, 5.74) is 5.47. The highest BCUT2D eigenvalue weighted by molar-refractivity contribution is 5.97. The van der Waals surface area contributed by atoms with E-state index in [9.17, 15) is 9.59 Å². The van der Waals surface area contributed by atoms with E-state index in [1.54, 1.807) is 6.07 Å². The molecule has 6 nitrogen and oxygen atoms in total. The molecule has 0 unspecified atom stereocenters. The molecule has 1 aliphatic heterocycles. The van der Waals surface area contributed by atoms with Crippen LogP contribution in [0.15, 0.2) is 23.0 Å². The Kier molecular flexibility index (Phi) is 7.90. The molecule has 0 radical (unpaired) electrons. The van der Waals surface area contributed by atoms with E-state index in [2.05, 4.69) is 47.0 Å². The third kappa shape index (κ3) is 5.68. The van der Waals surface area contributed by atoms with Gasteiger partial charge in [0.15, 0.2) is 5.43 Å². The predicted octanol–water partition coefficient (Wildman–Crippen LogP) is 4.78. The number of benzene rings is 1. The molecule has 2 heterocycles. The molecule has 192 valence electrons. The summed E-state index contributed by atoms with van der Waals surface area (Å²) in [7, 11) is 0. The number of aryl methyl sites for hydroxylation is 2. The maximum absolute atomic E-state index is 13.5. The summed E-state index contributed by atoms with van der Waals surface area (Å²) >= 11 is 0. The minimum atomic E-state index is -0.185. The van der Waals surface area contributed by atoms with Crippen LogP contribution in [-0.4, -0.2) is 36.7 Å². The molecule has 1 saturated carbocycles. The van der Waals surface area contributed by atoms with Crippen LogP contribution in [0.4, 0.5) is 5.69 Å². The molecule has 1 amide bonds. The van der Waals surface area contributed by atoms with Crippen molar-refractivity contribution in [3.05, 3.63) is 62.1 Å². The van der Waals surface area contributed by atoms with Gasteiger partial charge in [-0.2, -0.15) is 0 Å². The van der Waals surface area contributed by atoms with E-state index in [0.717, 1.165) is 34.7 Å². The first-order chi connectivity index (χ1) is 17.2. The van der Waals surface area contributed by atoms with E-state index < -0.39 is 0 Å². The molecule has 1 saturated heterocycles.